The highest BCUT2D eigenvalue weighted by Crippen LogP contribution is 2.64. The molecule has 0 N–H and O–H groups in total. The molecule has 4 aliphatic carbocycles. The van der Waals surface area contributed by atoms with E-state index >= 15 is 0 Å². The van der Waals surface area contributed by atoms with Crippen LogP contribution in [0.1, 0.15) is 58.8 Å². The normalized spacial score (nSPS) is 46.8. The van der Waals surface area contributed by atoms with E-state index in [4.69, 9.17) is 0 Å². The van der Waals surface area contributed by atoms with Crippen molar-refractivity contribution < 1.29 is 9.59 Å². The van der Waals surface area contributed by atoms with Gasteiger partial charge in [-0.05, 0) is 68.4 Å². The summed E-state index contributed by atoms with van der Waals surface area (Å²) >= 11 is 0. The molecule has 3 saturated carbocycles. The van der Waals surface area contributed by atoms with Crippen molar-refractivity contribution in [2.24, 2.45) is 28.6 Å². The van der Waals surface area contributed by atoms with E-state index < -0.39 is 0 Å². The van der Waals surface area contributed by atoms with Crippen LogP contribution in [-0.4, -0.2) is 11.6 Å². The quantitative estimate of drug-likeness (QED) is 0.725. The van der Waals surface area contributed by atoms with Gasteiger partial charge < -0.3 is 0 Å². The van der Waals surface area contributed by atoms with Crippen molar-refractivity contribution in [3.05, 3.63) is 23.8 Å². The molecular weight excluding hydrogens is 272 g/mol. The summed E-state index contributed by atoms with van der Waals surface area (Å²) in [7, 11) is 0. The van der Waals surface area contributed by atoms with Crippen LogP contribution in [0.2, 0.25) is 0 Å². The van der Waals surface area contributed by atoms with E-state index in [2.05, 4.69) is 19.9 Å². The highest BCUT2D eigenvalue weighted by atomic mass is 16.1. The molecule has 0 aliphatic heterocycles. The van der Waals surface area contributed by atoms with Crippen molar-refractivity contribution >= 4 is 11.6 Å². The van der Waals surface area contributed by atoms with Crippen molar-refractivity contribution in [3.8, 4) is 0 Å². The third-order valence-electron chi connectivity index (χ3n) is 7.63. The molecule has 4 rings (SSSR count). The van der Waals surface area contributed by atoms with Gasteiger partial charge in [0, 0.05) is 17.3 Å². The molecule has 118 valence electrons. The van der Waals surface area contributed by atoms with Crippen molar-refractivity contribution in [2.45, 2.75) is 58.8 Å². The van der Waals surface area contributed by atoms with Crippen LogP contribution in [0.15, 0.2) is 23.8 Å². The summed E-state index contributed by atoms with van der Waals surface area (Å²) < 4.78 is 0. The average Bonchev–Trinajstić information content (AvgIpc) is 2.86. The van der Waals surface area contributed by atoms with Gasteiger partial charge in [-0.1, -0.05) is 25.5 Å². The molecule has 0 amide bonds. The van der Waals surface area contributed by atoms with Crippen LogP contribution in [0.4, 0.5) is 0 Å². The fourth-order valence-corrected chi connectivity index (χ4v) is 6.42. The highest BCUT2D eigenvalue weighted by Gasteiger charge is 2.59. The number of fused-ring (bicyclic) bond motifs is 5. The highest BCUT2D eigenvalue weighted by molar-refractivity contribution is 6.01. The minimum Gasteiger partial charge on any atom is -0.299 e. The van der Waals surface area contributed by atoms with E-state index in [0.717, 1.165) is 38.5 Å². The number of hydrogen-bond acceptors (Lipinski definition) is 2. The minimum absolute atomic E-state index is 0.00700. The second kappa shape index (κ2) is 4.66. The van der Waals surface area contributed by atoms with Crippen LogP contribution in [0.3, 0.4) is 0 Å². The molecule has 0 unspecified atom stereocenters. The number of carbonyl (C=O) groups excluding carboxylic acids is 2. The molecule has 0 radical (unpaired) electrons. The van der Waals surface area contributed by atoms with Crippen LogP contribution in [-0.2, 0) is 9.59 Å². The van der Waals surface area contributed by atoms with Crippen molar-refractivity contribution in [1.82, 2.24) is 0 Å². The Morgan fingerprint density at radius 1 is 1.14 bits per heavy atom. The van der Waals surface area contributed by atoms with Gasteiger partial charge in [0.05, 0.1) is 0 Å². The molecule has 4 aliphatic rings. The van der Waals surface area contributed by atoms with Crippen LogP contribution in [0.5, 0.6) is 0 Å². The van der Waals surface area contributed by atoms with Gasteiger partial charge >= 0.3 is 0 Å². The lowest BCUT2D eigenvalue weighted by Gasteiger charge is -2.56. The van der Waals surface area contributed by atoms with Gasteiger partial charge in [0.15, 0.2) is 5.78 Å². The molecule has 0 saturated heterocycles. The topological polar surface area (TPSA) is 34.1 Å². The summed E-state index contributed by atoms with van der Waals surface area (Å²) in [5.41, 5.74) is 1.39. The maximum absolute atomic E-state index is 12.6. The Bertz CT molecular complexity index is 599. The van der Waals surface area contributed by atoms with Crippen LogP contribution in [0, 0.1) is 28.6 Å². The van der Waals surface area contributed by atoms with E-state index in [-0.39, 0.29) is 16.6 Å². The lowest BCUT2D eigenvalue weighted by atomic mass is 9.48. The zero-order valence-corrected chi connectivity index (χ0v) is 13.7. The number of rotatable bonds is 1. The predicted molar refractivity (Wildman–Crippen MR) is 86.2 cm³/mol. The first-order valence-corrected chi connectivity index (χ1v) is 8.99. The second-order valence-corrected chi connectivity index (χ2v) is 8.11. The number of hydrogen-bond donors (Lipinski definition) is 0. The maximum atomic E-state index is 12.6. The average molecular weight is 298 g/mol. The summed E-state index contributed by atoms with van der Waals surface area (Å²) in [6.07, 6.45) is 13.2. The Morgan fingerprint density at radius 3 is 2.73 bits per heavy atom. The predicted octanol–water partition coefficient (Wildman–Crippen LogP) is 4.25. The second-order valence-electron chi connectivity index (χ2n) is 8.11. The number of allylic oxidation sites excluding steroid dienone is 4. The van der Waals surface area contributed by atoms with E-state index in [9.17, 15) is 9.59 Å². The van der Waals surface area contributed by atoms with Gasteiger partial charge in [0.25, 0.3) is 0 Å². The molecule has 0 bridgehead atoms. The number of Topliss-reactive ketones (excluding diaryl/α,β-unsaturated/α-hetero) is 1. The monoisotopic (exact) mass is 298 g/mol. The van der Waals surface area contributed by atoms with Gasteiger partial charge in [-0.3, -0.25) is 9.59 Å². The summed E-state index contributed by atoms with van der Waals surface area (Å²) in [4.78, 5) is 24.3. The fraction of sp³-hybridized carbons (Fsp3) is 0.700. The minimum atomic E-state index is -0.00700. The molecule has 2 nitrogen and oxygen atoms in total. The summed E-state index contributed by atoms with van der Waals surface area (Å²) in [6, 6.07) is 0. The fourth-order valence-electron chi connectivity index (χ4n) is 6.42. The third kappa shape index (κ3) is 1.67. The zero-order valence-electron chi connectivity index (χ0n) is 13.7. The first-order chi connectivity index (χ1) is 10.5. The summed E-state index contributed by atoms with van der Waals surface area (Å²) in [6.45, 7) is 4.54. The molecule has 0 spiro atoms. The molecule has 5 atom stereocenters. The zero-order chi connectivity index (χ0) is 15.5. The Morgan fingerprint density at radius 2 is 1.95 bits per heavy atom. The van der Waals surface area contributed by atoms with Crippen LogP contribution >= 0.6 is 0 Å². The third-order valence-corrected chi connectivity index (χ3v) is 7.63. The summed E-state index contributed by atoms with van der Waals surface area (Å²) in [5, 5.41) is 0. The van der Waals surface area contributed by atoms with Crippen molar-refractivity contribution in [2.75, 3.05) is 0 Å². The first-order valence-electron chi connectivity index (χ1n) is 8.99. The standard InChI is InChI=1S/C20H26O2/c1-3-20-11-9-16-15(17(20)6-7-18(20)22)5-4-13-12-14(21)8-10-19(13,16)2/h8,10,12,15-17H,3-7,9,11H2,1-2H3/t15-,16+,17+,19+,20+/m1/s1. The Kier molecular flexibility index (Phi) is 3.05. The van der Waals surface area contributed by atoms with E-state index in [1.165, 1.54) is 12.0 Å². The molecular formula is C20H26O2. The Hall–Kier alpha value is -1.18. The molecule has 2 heteroatoms. The molecule has 0 heterocycles. The molecule has 0 aromatic rings. The van der Waals surface area contributed by atoms with E-state index in [1.54, 1.807) is 6.08 Å². The van der Waals surface area contributed by atoms with Crippen LogP contribution < -0.4 is 0 Å². The SMILES string of the molecule is CC[C@]12CC[C@H]3[C@@H](CCC4=CC(=O)C=C[C@@]43C)[C@@H]1CCC2=O. The smallest absolute Gasteiger partial charge is 0.178 e. The molecule has 22 heavy (non-hydrogen) atoms. The molecule has 3 fully saturated rings. The van der Waals surface area contributed by atoms with Crippen molar-refractivity contribution in [1.29, 1.82) is 0 Å². The molecule has 0 aromatic carbocycles. The Balaban J connectivity index is 1.72. The van der Waals surface area contributed by atoms with Gasteiger partial charge in [-0.2, -0.15) is 0 Å². The molecule has 0 aromatic heterocycles. The lowest BCUT2D eigenvalue weighted by Crippen LogP contribution is -2.50. The first kappa shape index (κ1) is 14.4. The van der Waals surface area contributed by atoms with E-state index in [1.807, 2.05) is 6.08 Å². The van der Waals surface area contributed by atoms with E-state index in [0.29, 0.717) is 23.5 Å². The van der Waals surface area contributed by atoms with Crippen LogP contribution in [0.25, 0.3) is 0 Å². The summed E-state index contributed by atoms with van der Waals surface area (Å²) in [5.74, 6) is 2.57. The largest absolute Gasteiger partial charge is 0.299 e. The lowest BCUT2D eigenvalue weighted by molar-refractivity contribution is -0.133. The Labute approximate surface area is 133 Å². The van der Waals surface area contributed by atoms with Gasteiger partial charge in [-0.15, -0.1) is 0 Å². The number of carbonyl (C=O) groups is 2. The maximum Gasteiger partial charge on any atom is 0.178 e. The van der Waals surface area contributed by atoms with Gasteiger partial charge in [0.2, 0.25) is 0 Å². The van der Waals surface area contributed by atoms with Gasteiger partial charge in [0.1, 0.15) is 5.78 Å². The number of ketones is 2. The van der Waals surface area contributed by atoms with Gasteiger partial charge in [-0.25, -0.2) is 0 Å². The van der Waals surface area contributed by atoms with Crippen molar-refractivity contribution in [3.63, 3.8) is 0 Å².